The summed E-state index contributed by atoms with van der Waals surface area (Å²) >= 11 is 3.44. The summed E-state index contributed by atoms with van der Waals surface area (Å²) in [4.78, 5) is 27.1. The van der Waals surface area contributed by atoms with Crippen LogP contribution in [0.1, 0.15) is 47.8 Å². The van der Waals surface area contributed by atoms with Crippen LogP contribution in [0.25, 0.3) is 0 Å². The van der Waals surface area contributed by atoms with Gasteiger partial charge in [0.15, 0.2) is 0 Å². The van der Waals surface area contributed by atoms with Gasteiger partial charge in [-0.3, -0.25) is 14.5 Å². The number of nitrogens with one attached hydrogen (secondary N) is 1. The lowest BCUT2D eigenvalue weighted by Gasteiger charge is -2.35. The van der Waals surface area contributed by atoms with Crippen LogP contribution in [-0.4, -0.2) is 49.2 Å². The van der Waals surface area contributed by atoms with Crippen molar-refractivity contribution in [3.8, 4) is 0 Å². The van der Waals surface area contributed by atoms with Crippen molar-refractivity contribution in [2.75, 3.05) is 20.2 Å². The molecule has 1 amide bonds. The summed E-state index contributed by atoms with van der Waals surface area (Å²) in [6, 6.07) is 14.7. The quantitative estimate of drug-likeness (QED) is 0.594. The first-order valence-corrected chi connectivity index (χ1v) is 11.2. The standard InChI is InChI=1S/C24H29BrN2O4/c1-16-13-27(14-17(2)31-16)15-18-7-9-19(10-8-18)24(29)26-22(12-23(28)30-3)20-5-4-6-21(25)11-20/h4-11,16-17,22H,12-15H2,1-3H3,(H,26,29). The highest BCUT2D eigenvalue weighted by Crippen LogP contribution is 2.22. The highest BCUT2D eigenvalue weighted by atomic mass is 79.9. The van der Waals surface area contributed by atoms with Gasteiger partial charge in [-0.25, -0.2) is 0 Å². The molecule has 0 aliphatic carbocycles. The average Bonchev–Trinajstić information content (AvgIpc) is 2.73. The molecule has 3 rings (SSSR count). The van der Waals surface area contributed by atoms with E-state index in [0.29, 0.717) is 5.56 Å². The minimum atomic E-state index is -0.478. The fourth-order valence-corrected chi connectivity index (χ4v) is 4.32. The number of halogens is 1. The molecule has 0 spiro atoms. The van der Waals surface area contributed by atoms with Gasteiger partial charge in [-0.2, -0.15) is 0 Å². The second-order valence-corrected chi connectivity index (χ2v) is 8.93. The Kier molecular flexibility index (Phi) is 8.23. The Bertz CT molecular complexity index is 893. The third kappa shape index (κ3) is 6.89. The molecule has 3 unspecified atom stereocenters. The van der Waals surface area contributed by atoms with Crippen molar-refractivity contribution in [3.05, 3.63) is 69.7 Å². The third-order valence-electron chi connectivity index (χ3n) is 5.27. The molecule has 1 N–H and O–H groups in total. The van der Waals surface area contributed by atoms with Gasteiger partial charge in [-0.15, -0.1) is 0 Å². The number of hydrogen-bond acceptors (Lipinski definition) is 5. The predicted octanol–water partition coefficient (Wildman–Crippen LogP) is 4.09. The highest BCUT2D eigenvalue weighted by Gasteiger charge is 2.23. The number of morpholine rings is 1. The van der Waals surface area contributed by atoms with Crippen LogP contribution in [0.2, 0.25) is 0 Å². The molecule has 1 aliphatic heterocycles. The molecule has 2 aromatic rings. The summed E-state index contributed by atoms with van der Waals surface area (Å²) in [6.07, 6.45) is 0.501. The Labute approximate surface area is 192 Å². The van der Waals surface area contributed by atoms with E-state index >= 15 is 0 Å². The lowest BCUT2D eigenvalue weighted by atomic mass is 10.0. The number of carbonyl (C=O) groups excluding carboxylic acids is 2. The molecule has 0 radical (unpaired) electrons. The molecule has 1 heterocycles. The number of amides is 1. The van der Waals surface area contributed by atoms with Gasteiger partial charge in [0.2, 0.25) is 0 Å². The first-order valence-electron chi connectivity index (χ1n) is 10.4. The summed E-state index contributed by atoms with van der Waals surface area (Å²) in [5.41, 5.74) is 2.54. The highest BCUT2D eigenvalue weighted by molar-refractivity contribution is 9.10. The third-order valence-corrected chi connectivity index (χ3v) is 5.77. The zero-order valence-corrected chi connectivity index (χ0v) is 19.7. The molecule has 6 nitrogen and oxygen atoms in total. The monoisotopic (exact) mass is 488 g/mol. The zero-order valence-electron chi connectivity index (χ0n) is 18.1. The summed E-state index contributed by atoms with van der Waals surface area (Å²) < 4.78 is 11.5. The maximum atomic E-state index is 12.9. The average molecular weight is 489 g/mol. The van der Waals surface area contributed by atoms with Crippen molar-refractivity contribution in [2.24, 2.45) is 0 Å². The number of hydrogen-bond donors (Lipinski definition) is 1. The molecule has 166 valence electrons. The minimum absolute atomic E-state index is 0.0597. The molecular weight excluding hydrogens is 460 g/mol. The van der Waals surface area contributed by atoms with Gasteiger partial charge in [0.25, 0.3) is 5.91 Å². The molecule has 7 heteroatoms. The Hall–Kier alpha value is -2.22. The van der Waals surface area contributed by atoms with Gasteiger partial charge in [-0.1, -0.05) is 40.2 Å². The second kappa shape index (κ2) is 10.9. The largest absolute Gasteiger partial charge is 0.469 e. The van der Waals surface area contributed by atoms with Crippen LogP contribution in [0.3, 0.4) is 0 Å². The van der Waals surface area contributed by atoms with Gasteiger partial charge in [0.1, 0.15) is 0 Å². The predicted molar refractivity (Wildman–Crippen MR) is 123 cm³/mol. The molecule has 1 aliphatic rings. The summed E-state index contributed by atoms with van der Waals surface area (Å²) in [6.45, 7) is 6.80. The summed E-state index contributed by atoms with van der Waals surface area (Å²) in [5, 5.41) is 2.97. The van der Waals surface area contributed by atoms with E-state index in [4.69, 9.17) is 9.47 Å². The first kappa shape index (κ1) is 23.4. The van der Waals surface area contributed by atoms with Crippen molar-refractivity contribution in [2.45, 2.75) is 45.1 Å². The normalized spacial score (nSPS) is 20.1. The number of nitrogens with zero attached hydrogens (tertiary/aromatic N) is 1. The smallest absolute Gasteiger partial charge is 0.307 e. The van der Waals surface area contributed by atoms with Crippen LogP contribution in [0.4, 0.5) is 0 Å². The maximum Gasteiger partial charge on any atom is 0.307 e. The van der Waals surface area contributed by atoms with Crippen LogP contribution in [-0.2, 0) is 20.8 Å². The molecule has 1 fully saturated rings. The number of carbonyl (C=O) groups is 2. The summed E-state index contributed by atoms with van der Waals surface area (Å²) in [5.74, 6) is -0.608. The van der Waals surface area contributed by atoms with E-state index in [-0.39, 0.29) is 30.5 Å². The van der Waals surface area contributed by atoms with Gasteiger partial charge < -0.3 is 14.8 Å². The Balaban J connectivity index is 1.67. The van der Waals surface area contributed by atoms with Crippen LogP contribution in [0.15, 0.2) is 53.0 Å². The number of benzene rings is 2. The Morgan fingerprint density at radius 2 is 1.84 bits per heavy atom. The van der Waals surface area contributed by atoms with E-state index in [0.717, 1.165) is 35.2 Å². The SMILES string of the molecule is COC(=O)CC(NC(=O)c1ccc(CN2CC(C)OC(C)C2)cc1)c1cccc(Br)c1. The van der Waals surface area contributed by atoms with Gasteiger partial charge >= 0.3 is 5.97 Å². The molecule has 0 aromatic heterocycles. The van der Waals surface area contributed by atoms with Crippen LogP contribution < -0.4 is 5.32 Å². The lowest BCUT2D eigenvalue weighted by molar-refractivity contribution is -0.141. The fourth-order valence-electron chi connectivity index (χ4n) is 3.90. The van der Waals surface area contributed by atoms with Crippen molar-refractivity contribution in [1.82, 2.24) is 10.2 Å². The number of rotatable bonds is 7. The minimum Gasteiger partial charge on any atom is -0.469 e. The molecule has 2 aromatic carbocycles. The summed E-state index contributed by atoms with van der Waals surface area (Å²) in [7, 11) is 1.34. The number of methoxy groups -OCH3 is 1. The van der Waals surface area contributed by atoms with E-state index in [9.17, 15) is 9.59 Å². The molecule has 1 saturated heterocycles. The van der Waals surface area contributed by atoms with Crippen molar-refractivity contribution in [1.29, 1.82) is 0 Å². The Morgan fingerprint density at radius 3 is 2.45 bits per heavy atom. The van der Waals surface area contributed by atoms with E-state index in [2.05, 4.69) is 40.0 Å². The van der Waals surface area contributed by atoms with E-state index in [1.165, 1.54) is 7.11 Å². The van der Waals surface area contributed by atoms with Crippen molar-refractivity contribution in [3.63, 3.8) is 0 Å². The van der Waals surface area contributed by atoms with E-state index < -0.39 is 6.04 Å². The molecule has 31 heavy (non-hydrogen) atoms. The fraction of sp³-hybridized carbons (Fsp3) is 0.417. The van der Waals surface area contributed by atoms with Crippen molar-refractivity contribution < 1.29 is 19.1 Å². The van der Waals surface area contributed by atoms with Crippen LogP contribution in [0, 0.1) is 0 Å². The topological polar surface area (TPSA) is 67.9 Å². The molecular formula is C24H29BrN2O4. The van der Waals surface area contributed by atoms with E-state index in [1.54, 1.807) is 0 Å². The number of esters is 1. The molecule has 0 bridgehead atoms. The Morgan fingerprint density at radius 1 is 1.16 bits per heavy atom. The molecule has 3 atom stereocenters. The van der Waals surface area contributed by atoms with E-state index in [1.807, 2.05) is 48.5 Å². The van der Waals surface area contributed by atoms with Crippen LogP contribution >= 0.6 is 15.9 Å². The zero-order chi connectivity index (χ0) is 22.4. The lowest BCUT2D eigenvalue weighted by Crippen LogP contribution is -2.44. The second-order valence-electron chi connectivity index (χ2n) is 8.01. The number of ether oxygens (including phenoxy) is 2. The van der Waals surface area contributed by atoms with Gasteiger partial charge in [0.05, 0.1) is 31.8 Å². The van der Waals surface area contributed by atoms with Crippen LogP contribution in [0.5, 0.6) is 0 Å². The van der Waals surface area contributed by atoms with Gasteiger partial charge in [-0.05, 0) is 49.2 Å². The van der Waals surface area contributed by atoms with Crippen molar-refractivity contribution >= 4 is 27.8 Å². The van der Waals surface area contributed by atoms with Gasteiger partial charge in [0, 0.05) is 29.7 Å². The molecule has 0 saturated carbocycles. The first-order chi connectivity index (χ1) is 14.8. The maximum absolute atomic E-state index is 12.9.